The molecule has 1 aromatic rings. The number of hydrogen-bond donors (Lipinski definition) is 2. The number of urea groups is 1. The molecule has 0 aliphatic rings. The molecule has 0 aliphatic carbocycles. The fourth-order valence-corrected chi connectivity index (χ4v) is 2.55. The number of thioether (sulfide) groups is 1. The maximum atomic E-state index is 11.8. The van der Waals surface area contributed by atoms with E-state index in [1.165, 1.54) is 23.9 Å². The molecule has 7 heteroatoms. The van der Waals surface area contributed by atoms with Gasteiger partial charge in [-0.15, -0.1) is 11.8 Å². The van der Waals surface area contributed by atoms with Crippen molar-refractivity contribution < 1.29 is 13.2 Å². The predicted octanol–water partition coefficient (Wildman–Crippen LogP) is 1.81. The van der Waals surface area contributed by atoms with Crippen LogP contribution >= 0.6 is 11.8 Å². The van der Waals surface area contributed by atoms with Crippen molar-refractivity contribution in [1.29, 1.82) is 0 Å². The first-order chi connectivity index (χ1) is 8.49. The molecule has 1 rings (SSSR count). The molecule has 2 amide bonds. The number of nitrogens with one attached hydrogen (secondary N) is 2. The first kappa shape index (κ1) is 14.8. The zero-order valence-corrected chi connectivity index (χ0v) is 11.9. The second-order valence-corrected chi connectivity index (χ2v) is 6.10. The number of sulfonamides is 1. The lowest BCUT2D eigenvalue weighted by atomic mass is 10.4. The van der Waals surface area contributed by atoms with Crippen LogP contribution in [0.5, 0.6) is 0 Å². The summed E-state index contributed by atoms with van der Waals surface area (Å²) in [5.74, 6) is 0. The Morgan fingerprint density at radius 3 is 2.39 bits per heavy atom. The van der Waals surface area contributed by atoms with E-state index in [2.05, 4.69) is 5.32 Å². The van der Waals surface area contributed by atoms with Crippen LogP contribution in [0, 0.1) is 0 Å². The fraction of sp³-hybridized carbons (Fsp3) is 0.364. The third kappa shape index (κ3) is 4.23. The van der Waals surface area contributed by atoms with Gasteiger partial charge < -0.3 is 5.32 Å². The lowest BCUT2D eigenvalue weighted by Gasteiger charge is -2.08. The molecule has 2 N–H and O–H groups in total. The number of carbonyl (C=O) groups excluding carboxylic acids is 1. The monoisotopic (exact) mass is 288 g/mol. The van der Waals surface area contributed by atoms with Gasteiger partial charge in [-0.25, -0.2) is 17.9 Å². The van der Waals surface area contributed by atoms with Gasteiger partial charge in [0.05, 0.1) is 4.90 Å². The van der Waals surface area contributed by atoms with Crippen LogP contribution in [0.15, 0.2) is 34.1 Å². The third-order valence-electron chi connectivity index (χ3n) is 2.13. The second-order valence-electron chi connectivity index (χ2n) is 3.54. The Morgan fingerprint density at radius 1 is 1.28 bits per heavy atom. The Labute approximate surface area is 111 Å². The summed E-state index contributed by atoms with van der Waals surface area (Å²) >= 11 is 1.52. The Balaban J connectivity index is 2.76. The molecule has 0 unspecified atom stereocenters. The summed E-state index contributed by atoms with van der Waals surface area (Å²) in [6.07, 6.45) is 2.65. The summed E-state index contributed by atoms with van der Waals surface area (Å²) in [7, 11) is -3.79. The second kappa shape index (κ2) is 6.65. The summed E-state index contributed by atoms with van der Waals surface area (Å²) in [6, 6.07) is 5.64. The van der Waals surface area contributed by atoms with E-state index >= 15 is 0 Å². The minimum absolute atomic E-state index is 0.0759. The average Bonchev–Trinajstić information content (AvgIpc) is 2.36. The fourth-order valence-electron chi connectivity index (χ4n) is 1.21. The summed E-state index contributed by atoms with van der Waals surface area (Å²) in [5, 5.41) is 2.45. The van der Waals surface area contributed by atoms with Crippen LogP contribution in [0.4, 0.5) is 4.79 Å². The Bertz CT molecular complexity index is 498. The molecule has 1 aromatic carbocycles. The molecule has 0 aromatic heterocycles. The van der Waals surface area contributed by atoms with Gasteiger partial charge in [0.1, 0.15) is 0 Å². The molecule has 0 atom stereocenters. The lowest BCUT2D eigenvalue weighted by molar-refractivity contribution is 0.246. The summed E-state index contributed by atoms with van der Waals surface area (Å²) < 4.78 is 25.6. The quantitative estimate of drug-likeness (QED) is 0.810. The first-order valence-electron chi connectivity index (χ1n) is 5.44. The SMILES string of the molecule is CCCNC(=O)NS(=O)(=O)c1ccc(SC)cc1. The largest absolute Gasteiger partial charge is 0.337 e. The van der Waals surface area contributed by atoms with E-state index in [1.807, 2.05) is 17.9 Å². The van der Waals surface area contributed by atoms with Crippen LogP contribution in [-0.4, -0.2) is 27.2 Å². The van der Waals surface area contributed by atoms with Gasteiger partial charge in [-0.1, -0.05) is 6.92 Å². The molecule has 18 heavy (non-hydrogen) atoms. The molecule has 100 valence electrons. The molecule has 0 radical (unpaired) electrons. The van der Waals surface area contributed by atoms with Crippen LogP contribution in [0.1, 0.15) is 13.3 Å². The molecule has 0 aliphatic heterocycles. The zero-order chi connectivity index (χ0) is 13.6. The lowest BCUT2D eigenvalue weighted by Crippen LogP contribution is -2.39. The van der Waals surface area contributed by atoms with Gasteiger partial charge in [-0.05, 0) is 36.9 Å². The highest BCUT2D eigenvalue weighted by Crippen LogP contribution is 2.17. The third-order valence-corrected chi connectivity index (χ3v) is 4.22. The van der Waals surface area contributed by atoms with Crippen molar-refractivity contribution in [3.05, 3.63) is 24.3 Å². The maximum Gasteiger partial charge on any atom is 0.328 e. The average molecular weight is 288 g/mol. The van der Waals surface area contributed by atoms with Gasteiger partial charge in [0, 0.05) is 11.4 Å². The number of carbonyl (C=O) groups is 1. The number of rotatable bonds is 5. The topological polar surface area (TPSA) is 75.3 Å². The Kier molecular flexibility index (Phi) is 5.49. The van der Waals surface area contributed by atoms with Crippen LogP contribution in [0.2, 0.25) is 0 Å². The molecule has 5 nitrogen and oxygen atoms in total. The Morgan fingerprint density at radius 2 is 1.89 bits per heavy atom. The van der Waals surface area contributed by atoms with Crippen molar-refractivity contribution in [3.63, 3.8) is 0 Å². The van der Waals surface area contributed by atoms with E-state index in [1.54, 1.807) is 12.1 Å². The highest BCUT2D eigenvalue weighted by molar-refractivity contribution is 7.98. The van der Waals surface area contributed by atoms with Gasteiger partial charge in [-0.2, -0.15) is 0 Å². The molecule has 0 saturated heterocycles. The van der Waals surface area contributed by atoms with Gasteiger partial charge in [0.15, 0.2) is 0 Å². The summed E-state index contributed by atoms with van der Waals surface area (Å²) in [4.78, 5) is 12.3. The van der Waals surface area contributed by atoms with E-state index in [-0.39, 0.29) is 4.90 Å². The molecule has 0 fully saturated rings. The van der Waals surface area contributed by atoms with Gasteiger partial charge in [0.2, 0.25) is 0 Å². The van der Waals surface area contributed by atoms with Crippen LogP contribution in [0.25, 0.3) is 0 Å². The Hall–Kier alpha value is -1.21. The molecular formula is C11H16N2O3S2. The van der Waals surface area contributed by atoms with Crippen molar-refractivity contribution in [2.45, 2.75) is 23.1 Å². The smallest absolute Gasteiger partial charge is 0.328 e. The van der Waals surface area contributed by atoms with Crippen molar-refractivity contribution in [2.24, 2.45) is 0 Å². The standard InChI is InChI=1S/C11H16N2O3S2/c1-3-8-12-11(14)13-18(15,16)10-6-4-9(17-2)5-7-10/h4-7H,3,8H2,1-2H3,(H2,12,13,14). The highest BCUT2D eigenvalue weighted by atomic mass is 32.2. The van der Waals surface area contributed by atoms with Crippen LogP contribution in [-0.2, 0) is 10.0 Å². The number of hydrogen-bond acceptors (Lipinski definition) is 4. The number of amides is 2. The predicted molar refractivity (Wildman–Crippen MR) is 72.2 cm³/mol. The minimum Gasteiger partial charge on any atom is -0.337 e. The summed E-state index contributed by atoms with van der Waals surface area (Å²) in [6.45, 7) is 2.32. The molecular weight excluding hydrogens is 272 g/mol. The van der Waals surface area contributed by atoms with E-state index in [0.717, 1.165) is 11.3 Å². The zero-order valence-electron chi connectivity index (χ0n) is 10.3. The van der Waals surface area contributed by atoms with E-state index in [4.69, 9.17) is 0 Å². The van der Waals surface area contributed by atoms with Gasteiger partial charge in [0.25, 0.3) is 10.0 Å². The summed E-state index contributed by atoms with van der Waals surface area (Å²) in [5.41, 5.74) is 0. The van der Waals surface area contributed by atoms with Gasteiger partial charge >= 0.3 is 6.03 Å². The van der Waals surface area contributed by atoms with E-state index in [9.17, 15) is 13.2 Å². The first-order valence-corrected chi connectivity index (χ1v) is 8.15. The normalized spacial score (nSPS) is 11.0. The highest BCUT2D eigenvalue weighted by Gasteiger charge is 2.16. The minimum atomic E-state index is -3.79. The van der Waals surface area contributed by atoms with Crippen molar-refractivity contribution >= 4 is 27.8 Å². The van der Waals surface area contributed by atoms with Gasteiger partial charge in [-0.3, -0.25) is 0 Å². The number of benzene rings is 1. The van der Waals surface area contributed by atoms with Crippen molar-refractivity contribution in [3.8, 4) is 0 Å². The van der Waals surface area contributed by atoms with Crippen LogP contribution in [0.3, 0.4) is 0 Å². The molecule has 0 bridgehead atoms. The van der Waals surface area contributed by atoms with Crippen LogP contribution < -0.4 is 10.0 Å². The van der Waals surface area contributed by atoms with E-state index < -0.39 is 16.1 Å². The molecule has 0 spiro atoms. The van der Waals surface area contributed by atoms with E-state index in [0.29, 0.717) is 6.54 Å². The molecule has 0 heterocycles. The maximum absolute atomic E-state index is 11.8. The van der Waals surface area contributed by atoms with Crippen molar-refractivity contribution in [2.75, 3.05) is 12.8 Å². The van der Waals surface area contributed by atoms with Crippen molar-refractivity contribution in [1.82, 2.24) is 10.0 Å². The molecule has 0 saturated carbocycles.